The van der Waals surface area contributed by atoms with Gasteiger partial charge in [-0.1, -0.05) is 26.8 Å². The first-order chi connectivity index (χ1) is 7.28. The third-order valence-corrected chi connectivity index (χ3v) is 2.82. The molecule has 0 aliphatic rings. The van der Waals surface area contributed by atoms with Crippen LogP contribution in [0.2, 0.25) is 0 Å². The maximum absolute atomic E-state index is 3.82. The van der Waals surface area contributed by atoms with E-state index >= 15 is 0 Å². The van der Waals surface area contributed by atoms with Crippen molar-refractivity contribution < 1.29 is 0 Å². The summed E-state index contributed by atoms with van der Waals surface area (Å²) >= 11 is 0. The van der Waals surface area contributed by atoms with E-state index in [0.717, 1.165) is 26.1 Å². The molecule has 0 aliphatic heterocycles. The van der Waals surface area contributed by atoms with E-state index in [0.29, 0.717) is 6.04 Å². The van der Waals surface area contributed by atoms with Crippen molar-refractivity contribution in [3.8, 4) is 0 Å². The summed E-state index contributed by atoms with van der Waals surface area (Å²) < 4.78 is 0. The quantitative estimate of drug-likeness (QED) is 0.560. The second-order valence-electron chi connectivity index (χ2n) is 3.99. The first-order valence-corrected chi connectivity index (χ1v) is 6.35. The number of rotatable bonds is 10. The molecule has 0 heterocycles. The van der Waals surface area contributed by atoms with Crippen LogP contribution in [-0.2, 0) is 0 Å². The van der Waals surface area contributed by atoms with Crippen LogP contribution in [0.15, 0.2) is 12.7 Å². The van der Waals surface area contributed by atoms with Gasteiger partial charge in [-0.25, -0.2) is 0 Å². The van der Waals surface area contributed by atoms with Crippen LogP contribution in [0.1, 0.15) is 40.0 Å². The van der Waals surface area contributed by atoms with E-state index in [1.807, 2.05) is 6.08 Å². The first kappa shape index (κ1) is 14.7. The molecule has 0 aliphatic carbocycles. The second-order valence-corrected chi connectivity index (χ2v) is 3.99. The molecule has 0 aromatic heterocycles. The fourth-order valence-corrected chi connectivity index (χ4v) is 1.73. The summed E-state index contributed by atoms with van der Waals surface area (Å²) in [5.41, 5.74) is 0. The highest BCUT2D eigenvalue weighted by atomic mass is 15.1. The van der Waals surface area contributed by atoms with Crippen LogP contribution in [0.5, 0.6) is 0 Å². The highest BCUT2D eigenvalue weighted by molar-refractivity contribution is 4.78. The summed E-state index contributed by atoms with van der Waals surface area (Å²) in [5.74, 6) is 0. The van der Waals surface area contributed by atoms with E-state index < -0.39 is 0 Å². The average Bonchev–Trinajstić information content (AvgIpc) is 2.27. The molecule has 2 heteroatoms. The van der Waals surface area contributed by atoms with Gasteiger partial charge in [0, 0.05) is 6.04 Å². The molecule has 15 heavy (non-hydrogen) atoms. The molecular weight excluding hydrogens is 184 g/mol. The van der Waals surface area contributed by atoms with Gasteiger partial charge in [0.05, 0.1) is 0 Å². The van der Waals surface area contributed by atoms with Gasteiger partial charge in [-0.2, -0.15) is 0 Å². The average molecular weight is 212 g/mol. The van der Waals surface area contributed by atoms with Crippen LogP contribution < -0.4 is 5.32 Å². The topological polar surface area (TPSA) is 15.3 Å². The molecule has 90 valence electrons. The Balaban J connectivity index is 3.77. The van der Waals surface area contributed by atoms with Crippen molar-refractivity contribution in [1.82, 2.24) is 10.2 Å². The third-order valence-electron chi connectivity index (χ3n) is 2.82. The van der Waals surface area contributed by atoms with Gasteiger partial charge < -0.3 is 10.2 Å². The number of nitrogens with one attached hydrogen (secondary N) is 1. The molecule has 0 rings (SSSR count). The standard InChI is InChI=1S/C13H28N2/c1-5-9-13(14-11-6-2)10-12-15(7-3)8-4/h5,13-14H,1,6-12H2,2-4H3. The van der Waals surface area contributed by atoms with Crippen LogP contribution >= 0.6 is 0 Å². The Labute approximate surface area is 95.7 Å². The first-order valence-electron chi connectivity index (χ1n) is 6.35. The Kier molecular flexibility index (Phi) is 9.96. The molecule has 1 N–H and O–H groups in total. The summed E-state index contributed by atoms with van der Waals surface area (Å²) in [6, 6.07) is 0.614. The molecule has 0 spiro atoms. The molecule has 0 aromatic carbocycles. The molecule has 1 atom stereocenters. The summed E-state index contributed by atoms with van der Waals surface area (Å²) in [6.07, 6.45) is 5.55. The molecule has 0 fully saturated rings. The Morgan fingerprint density at radius 3 is 2.40 bits per heavy atom. The van der Waals surface area contributed by atoms with Crippen LogP contribution in [0.25, 0.3) is 0 Å². The van der Waals surface area contributed by atoms with E-state index in [1.165, 1.54) is 19.4 Å². The minimum Gasteiger partial charge on any atom is -0.314 e. The van der Waals surface area contributed by atoms with Crippen LogP contribution in [0, 0.1) is 0 Å². The van der Waals surface area contributed by atoms with Crippen molar-refractivity contribution in [3.05, 3.63) is 12.7 Å². The predicted octanol–water partition coefficient (Wildman–Crippen LogP) is 2.66. The van der Waals surface area contributed by atoms with Gasteiger partial charge in [0.15, 0.2) is 0 Å². The SMILES string of the molecule is C=CCC(CCN(CC)CC)NCCC. The molecular formula is C13H28N2. The molecule has 2 nitrogen and oxygen atoms in total. The lowest BCUT2D eigenvalue weighted by Crippen LogP contribution is -2.34. The fourth-order valence-electron chi connectivity index (χ4n) is 1.73. The van der Waals surface area contributed by atoms with Gasteiger partial charge >= 0.3 is 0 Å². The maximum atomic E-state index is 3.82. The van der Waals surface area contributed by atoms with Crippen molar-refractivity contribution in [2.75, 3.05) is 26.2 Å². The Morgan fingerprint density at radius 1 is 1.27 bits per heavy atom. The lowest BCUT2D eigenvalue weighted by molar-refractivity contribution is 0.281. The largest absolute Gasteiger partial charge is 0.314 e. The summed E-state index contributed by atoms with van der Waals surface area (Å²) in [4.78, 5) is 2.48. The Bertz CT molecular complexity index is 141. The van der Waals surface area contributed by atoms with Gasteiger partial charge in [0.1, 0.15) is 0 Å². The molecule has 0 amide bonds. The van der Waals surface area contributed by atoms with E-state index in [2.05, 4.69) is 37.6 Å². The van der Waals surface area contributed by atoms with Gasteiger partial charge in [-0.3, -0.25) is 0 Å². The zero-order valence-electron chi connectivity index (χ0n) is 10.8. The minimum absolute atomic E-state index is 0.614. The summed E-state index contributed by atoms with van der Waals surface area (Å²) in [5, 5.41) is 3.58. The highest BCUT2D eigenvalue weighted by Crippen LogP contribution is 2.01. The van der Waals surface area contributed by atoms with Gasteiger partial charge in [0.2, 0.25) is 0 Å². The predicted molar refractivity (Wildman–Crippen MR) is 69.3 cm³/mol. The van der Waals surface area contributed by atoms with Gasteiger partial charge in [-0.05, 0) is 45.4 Å². The van der Waals surface area contributed by atoms with Crippen LogP contribution in [0.4, 0.5) is 0 Å². The monoisotopic (exact) mass is 212 g/mol. The van der Waals surface area contributed by atoms with Gasteiger partial charge in [0.25, 0.3) is 0 Å². The molecule has 1 unspecified atom stereocenters. The Hall–Kier alpha value is -0.340. The van der Waals surface area contributed by atoms with Crippen molar-refractivity contribution in [2.45, 2.75) is 46.1 Å². The van der Waals surface area contributed by atoms with Crippen molar-refractivity contribution in [3.63, 3.8) is 0 Å². The van der Waals surface area contributed by atoms with Crippen molar-refractivity contribution >= 4 is 0 Å². The number of nitrogens with zero attached hydrogens (tertiary/aromatic N) is 1. The molecule has 0 saturated heterocycles. The lowest BCUT2D eigenvalue weighted by Gasteiger charge is -2.22. The number of hydrogen-bond donors (Lipinski definition) is 1. The molecule has 0 aromatic rings. The summed E-state index contributed by atoms with van der Waals surface area (Å²) in [7, 11) is 0. The fraction of sp³-hybridized carbons (Fsp3) is 0.846. The maximum Gasteiger partial charge on any atom is 0.0114 e. The normalized spacial score (nSPS) is 13.1. The van der Waals surface area contributed by atoms with Crippen LogP contribution in [-0.4, -0.2) is 37.1 Å². The van der Waals surface area contributed by atoms with E-state index in [4.69, 9.17) is 0 Å². The number of hydrogen-bond acceptors (Lipinski definition) is 2. The van der Waals surface area contributed by atoms with Gasteiger partial charge in [-0.15, -0.1) is 6.58 Å². The van der Waals surface area contributed by atoms with Crippen LogP contribution in [0.3, 0.4) is 0 Å². The van der Waals surface area contributed by atoms with Crippen molar-refractivity contribution in [2.24, 2.45) is 0 Å². The third kappa shape index (κ3) is 7.57. The molecule has 0 bridgehead atoms. The smallest absolute Gasteiger partial charge is 0.0114 e. The van der Waals surface area contributed by atoms with Crippen molar-refractivity contribution in [1.29, 1.82) is 0 Å². The molecule has 0 saturated carbocycles. The zero-order valence-corrected chi connectivity index (χ0v) is 10.8. The van der Waals surface area contributed by atoms with E-state index in [-0.39, 0.29) is 0 Å². The summed E-state index contributed by atoms with van der Waals surface area (Å²) in [6.45, 7) is 15.1. The van der Waals surface area contributed by atoms with E-state index in [1.54, 1.807) is 0 Å². The Morgan fingerprint density at radius 2 is 1.93 bits per heavy atom. The molecule has 0 radical (unpaired) electrons. The zero-order chi connectivity index (χ0) is 11.5. The minimum atomic E-state index is 0.614. The highest BCUT2D eigenvalue weighted by Gasteiger charge is 2.07. The van der Waals surface area contributed by atoms with E-state index in [9.17, 15) is 0 Å². The second kappa shape index (κ2) is 10.2. The lowest BCUT2D eigenvalue weighted by atomic mass is 10.1.